The van der Waals surface area contributed by atoms with Gasteiger partial charge in [-0.05, 0) is 30.7 Å². The maximum atomic E-state index is 11.0. The van der Waals surface area contributed by atoms with E-state index in [2.05, 4.69) is 16.8 Å². The lowest BCUT2D eigenvalue weighted by Gasteiger charge is -2.00. The molecule has 4 N–H and O–H groups in total. The second-order valence-electron chi connectivity index (χ2n) is 4.43. The van der Waals surface area contributed by atoms with E-state index in [9.17, 15) is 4.79 Å². The van der Waals surface area contributed by atoms with E-state index in [0.29, 0.717) is 16.7 Å². The molecule has 0 radical (unpaired) electrons. The summed E-state index contributed by atoms with van der Waals surface area (Å²) < 4.78 is 0. The zero-order valence-electron chi connectivity index (χ0n) is 15.3. The monoisotopic (exact) mass is 339 g/mol. The molecule has 5 heteroatoms. The van der Waals surface area contributed by atoms with Crippen LogP contribution in [0.5, 0.6) is 0 Å². The molecule has 25 heavy (non-hydrogen) atoms. The first-order chi connectivity index (χ1) is 12.0. The van der Waals surface area contributed by atoms with Crippen molar-refractivity contribution in [2.24, 2.45) is 0 Å². The highest BCUT2D eigenvalue weighted by Gasteiger charge is 2.04. The lowest BCUT2D eigenvalue weighted by atomic mass is 10.0. The molecule has 2 aromatic rings. The minimum Gasteiger partial charge on any atom is -0.478 e. The van der Waals surface area contributed by atoms with Crippen molar-refractivity contribution in [3.05, 3.63) is 58.3 Å². The Bertz CT molecular complexity index is 787. The largest absolute Gasteiger partial charge is 0.478 e. The van der Waals surface area contributed by atoms with Crippen molar-refractivity contribution in [1.29, 1.82) is 5.41 Å². The zero-order valence-corrected chi connectivity index (χ0v) is 15.3. The standard InChI is InChI=1S/C16H13N3O2.2C2H6/c1-10-2-4-13(16(20)21)7-12(10)5-3-11-6-14(8-17)15(18)19-9-11;2*1-2/h2,4,6-9,17H,1H3,(H2,18,19)(H,20,21);2*1-2H3. The predicted octanol–water partition coefficient (Wildman–Crippen LogP) is 4.12. The molecule has 0 aliphatic carbocycles. The normalized spacial score (nSPS) is 8.52. The van der Waals surface area contributed by atoms with Crippen LogP contribution in [-0.2, 0) is 0 Å². The molecular formula is C20H25N3O2. The van der Waals surface area contributed by atoms with Gasteiger partial charge < -0.3 is 16.2 Å². The first-order valence-electron chi connectivity index (χ1n) is 8.13. The van der Waals surface area contributed by atoms with Crippen molar-refractivity contribution >= 4 is 18.0 Å². The van der Waals surface area contributed by atoms with Gasteiger partial charge in [-0.2, -0.15) is 0 Å². The summed E-state index contributed by atoms with van der Waals surface area (Å²) in [6, 6.07) is 6.46. The third-order valence-corrected chi connectivity index (χ3v) is 2.93. The van der Waals surface area contributed by atoms with Gasteiger partial charge in [-0.1, -0.05) is 45.6 Å². The number of rotatable bonds is 2. The molecule has 0 spiro atoms. The number of nitrogens with one attached hydrogen (secondary N) is 1. The fourth-order valence-electron chi connectivity index (χ4n) is 1.71. The number of hydrogen-bond donors (Lipinski definition) is 3. The molecule has 5 nitrogen and oxygen atoms in total. The number of carboxylic acids is 1. The van der Waals surface area contributed by atoms with Crippen LogP contribution < -0.4 is 5.73 Å². The highest BCUT2D eigenvalue weighted by atomic mass is 16.4. The van der Waals surface area contributed by atoms with Crippen LogP contribution in [0.1, 0.15) is 60.3 Å². The van der Waals surface area contributed by atoms with E-state index in [0.717, 1.165) is 11.8 Å². The lowest BCUT2D eigenvalue weighted by Crippen LogP contribution is -1.98. The molecule has 0 unspecified atom stereocenters. The van der Waals surface area contributed by atoms with Crippen LogP contribution in [0.15, 0.2) is 30.5 Å². The lowest BCUT2D eigenvalue weighted by molar-refractivity contribution is 0.0697. The number of aryl methyl sites for hydroxylation is 1. The van der Waals surface area contributed by atoms with Crippen molar-refractivity contribution in [3.63, 3.8) is 0 Å². The van der Waals surface area contributed by atoms with Crippen LogP contribution in [0, 0.1) is 24.2 Å². The van der Waals surface area contributed by atoms with Gasteiger partial charge in [0.15, 0.2) is 0 Å². The molecule has 0 aliphatic heterocycles. The highest BCUT2D eigenvalue weighted by molar-refractivity contribution is 5.88. The molecule has 0 saturated carbocycles. The Morgan fingerprint density at radius 1 is 1.20 bits per heavy atom. The molecule has 1 aromatic heterocycles. The summed E-state index contributed by atoms with van der Waals surface area (Å²) in [6.45, 7) is 9.86. The van der Waals surface area contributed by atoms with Crippen molar-refractivity contribution in [1.82, 2.24) is 4.98 Å². The van der Waals surface area contributed by atoms with Gasteiger partial charge in [-0.3, -0.25) is 0 Å². The fraction of sp³-hybridized carbons (Fsp3) is 0.250. The van der Waals surface area contributed by atoms with Crippen LogP contribution in [0.3, 0.4) is 0 Å². The first-order valence-corrected chi connectivity index (χ1v) is 8.13. The molecule has 0 saturated heterocycles. The minimum atomic E-state index is -0.988. The molecule has 0 atom stereocenters. The van der Waals surface area contributed by atoms with Gasteiger partial charge in [0.2, 0.25) is 0 Å². The van der Waals surface area contributed by atoms with Crippen LogP contribution in [0.4, 0.5) is 5.82 Å². The Kier molecular flexibility index (Phi) is 9.98. The Balaban J connectivity index is 0.00000134. The first kappa shape index (κ1) is 21.9. The molecule has 0 amide bonds. The summed E-state index contributed by atoms with van der Waals surface area (Å²) in [7, 11) is 0. The number of carbonyl (C=O) groups is 1. The Hall–Kier alpha value is -3.13. The van der Waals surface area contributed by atoms with Gasteiger partial charge in [0.25, 0.3) is 0 Å². The van der Waals surface area contributed by atoms with Gasteiger partial charge in [0.05, 0.1) is 5.56 Å². The van der Waals surface area contributed by atoms with E-state index in [1.807, 2.05) is 34.6 Å². The Labute approximate surface area is 149 Å². The maximum Gasteiger partial charge on any atom is 0.335 e. The average Bonchev–Trinajstić information content (AvgIpc) is 2.65. The molecule has 0 aliphatic rings. The Morgan fingerprint density at radius 3 is 2.40 bits per heavy atom. The number of hydrogen-bond acceptors (Lipinski definition) is 4. The zero-order chi connectivity index (χ0) is 19.4. The van der Waals surface area contributed by atoms with E-state index in [4.69, 9.17) is 16.2 Å². The summed E-state index contributed by atoms with van der Waals surface area (Å²) in [5.41, 5.74) is 8.45. The highest BCUT2D eigenvalue weighted by Crippen LogP contribution is 2.11. The van der Waals surface area contributed by atoms with Gasteiger partial charge in [0, 0.05) is 29.1 Å². The number of nitrogens with zero attached hydrogens (tertiary/aromatic N) is 1. The number of aromatic carboxylic acids is 1. The van der Waals surface area contributed by atoms with E-state index in [1.54, 1.807) is 18.2 Å². The average molecular weight is 339 g/mol. The molecule has 0 bridgehead atoms. The quantitative estimate of drug-likeness (QED) is 0.566. The van der Waals surface area contributed by atoms with Crippen LogP contribution >= 0.6 is 0 Å². The van der Waals surface area contributed by atoms with Crippen molar-refractivity contribution < 1.29 is 9.90 Å². The molecule has 2 rings (SSSR count). The van der Waals surface area contributed by atoms with Gasteiger partial charge in [0.1, 0.15) is 5.82 Å². The summed E-state index contributed by atoms with van der Waals surface area (Å²) >= 11 is 0. The van der Waals surface area contributed by atoms with Gasteiger partial charge in [-0.25, -0.2) is 9.78 Å². The number of carboxylic acid groups (broad SMARTS) is 1. The number of aromatic nitrogens is 1. The number of benzene rings is 1. The summed E-state index contributed by atoms with van der Waals surface area (Å²) in [5.74, 6) is 5.12. The maximum absolute atomic E-state index is 11.0. The third-order valence-electron chi connectivity index (χ3n) is 2.93. The second kappa shape index (κ2) is 11.4. The number of nitrogens with two attached hydrogens (primary N) is 1. The van der Waals surface area contributed by atoms with E-state index < -0.39 is 5.97 Å². The Morgan fingerprint density at radius 2 is 1.84 bits per heavy atom. The predicted molar refractivity (Wildman–Crippen MR) is 103 cm³/mol. The van der Waals surface area contributed by atoms with Gasteiger partial charge in [-0.15, -0.1) is 0 Å². The van der Waals surface area contributed by atoms with Crippen molar-refractivity contribution in [2.45, 2.75) is 34.6 Å². The van der Waals surface area contributed by atoms with Crippen LogP contribution in [0.25, 0.3) is 0 Å². The van der Waals surface area contributed by atoms with Crippen LogP contribution in [-0.4, -0.2) is 22.3 Å². The summed E-state index contributed by atoms with van der Waals surface area (Å²) in [4.78, 5) is 14.9. The summed E-state index contributed by atoms with van der Waals surface area (Å²) in [5, 5.41) is 16.2. The van der Waals surface area contributed by atoms with Gasteiger partial charge >= 0.3 is 5.97 Å². The van der Waals surface area contributed by atoms with Crippen LogP contribution in [0.2, 0.25) is 0 Å². The number of nitrogen functional groups attached to an aromatic ring is 1. The van der Waals surface area contributed by atoms with Crippen molar-refractivity contribution in [2.75, 3.05) is 5.73 Å². The minimum absolute atomic E-state index is 0.195. The topological polar surface area (TPSA) is 100 Å². The van der Waals surface area contributed by atoms with E-state index in [1.165, 1.54) is 12.3 Å². The summed E-state index contributed by atoms with van der Waals surface area (Å²) in [6.07, 6.45) is 2.63. The van der Waals surface area contributed by atoms with Crippen molar-refractivity contribution in [3.8, 4) is 11.8 Å². The van der Waals surface area contributed by atoms with E-state index >= 15 is 0 Å². The van der Waals surface area contributed by atoms with E-state index in [-0.39, 0.29) is 11.4 Å². The number of anilines is 1. The fourth-order valence-corrected chi connectivity index (χ4v) is 1.71. The smallest absolute Gasteiger partial charge is 0.335 e. The number of pyridine rings is 1. The third kappa shape index (κ3) is 6.48. The molecule has 0 fully saturated rings. The second-order valence-corrected chi connectivity index (χ2v) is 4.43. The SMILES string of the molecule is CC.CC.Cc1ccc(C(=O)O)cc1C#Cc1cnc(N)c(C=N)c1. The molecule has 132 valence electrons. The molecule has 1 aromatic carbocycles. The molecular weight excluding hydrogens is 314 g/mol. The molecule has 1 heterocycles.